The highest BCUT2D eigenvalue weighted by molar-refractivity contribution is 6.07. The van der Waals surface area contributed by atoms with Gasteiger partial charge in [-0.1, -0.05) is 29.4 Å². The van der Waals surface area contributed by atoms with Gasteiger partial charge in [-0.25, -0.2) is 4.79 Å². The van der Waals surface area contributed by atoms with E-state index in [2.05, 4.69) is 21.5 Å². The maximum Gasteiger partial charge on any atom is 0.325 e. The molecule has 1 saturated heterocycles. The van der Waals surface area contributed by atoms with Gasteiger partial charge in [0.25, 0.3) is 5.91 Å². The van der Waals surface area contributed by atoms with Gasteiger partial charge in [0.1, 0.15) is 12.1 Å². The molecule has 1 N–H and O–H groups in total. The second-order valence-electron chi connectivity index (χ2n) is 7.93. The number of carbonyl (C=O) groups is 2. The highest BCUT2D eigenvalue weighted by atomic mass is 16.5. The average Bonchev–Trinajstić information content (AvgIpc) is 3.37. The van der Waals surface area contributed by atoms with Crippen LogP contribution in [0.5, 0.6) is 11.5 Å². The number of imide groups is 1. The largest absolute Gasteiger partial charge is 0.493 e. The molecule has 1 fully saturated rings. The number of hydrogen-bond acceptors (Lipinski definition) is 7. The van der Waals surface area contributed by atoms with E-state index in [-0.39, 0.29) is 18.3 Å². The summed E-state index contributed by atoms with van der Waals surface area (Å²) in [6.07, 6.45) is 1.77. The van der Waals surface area contributed by atoms with Crippen LogP contribution in [0.15, 0.2) is 47.0 Å². The number of hydrogen-bond donors (Lipinski definition) is 1. The molecule has 5 rings (SSSR count). The van der Waals surface area contributed by atoms with Crippen molar-refractivity contribution in [3.63, 3.8) is 0 Å². The first-order chi connectivity index (χ1) is 15.5. The molecule has 0 saturated carbocycles. The van der Waals surface area contributed by atoms with Gasteiger partial charge in [0.15, 0.2) is 11.5 Å². The van der Waals surface area contributed by atoms with Crippen LogP contribution in [0.25, 0.3) is 11.4 Å². The van der Waals surface area contributed by atoms with Crippen LogP contribution >= 0.6 is 0 Å². The number of urea groups is 1. The molecule has 2 aliphatic rings. The number of methoxy groups -OCH3 is 2. The van der Waals surface area contributed by atoms with Gasteiger partial charge in [0.2, 0.25) is 11.7 Å². The van der Waals surface area contributed by atoms with E-state index >= 15 is 0 Å². The lowest BCUT2D eigenvalue weighted by Gasteiger charge is -2.32. The summed E-state index contributed by atoms with van der Waals surface area (Å²) in [7, 11) is 3.10. The fraction of sp³-hybridized carbons (Fsp3) is 0.304. The Bertz CT molecular complexity index is 1210. The molecule has 1 unspecified atom stereocenters. The van der Waals surface area contributed by atoms with Crippen molar-refractivity contribution in [1.82, 2.24) is 20.4 Å². The first-order valence-electron chi connectivity index (χ1n) is 10.3. The van der Waals surface area contributed by atoms with Crippen molar-refractivity contribution in [3.8, 4) is 22.9 Å². The minimum atomic E-state index is -0.919. The topological polar surface area (TPSA) is 107 Å². The summed E-state index contributed by atoms with van der Waals surface area (Å²) in [4.78, 5) is 31.5. The number of nitrogens with zero attached hydrogens (tertiary/aromatic N) is 3. The van der Waals surface area contributed by atoms with E-state index in [1.165, 1.54) is 5.56 Å². The third kappa shape index (κ3) is 3.26. The number of aryl methyl sites for hydroxylation is 1. The summed E-state index contributed by atoms with van der Waals surface area (Å²) in [5.74, 6) is 1.35. The van der Waals surface area contributed by atoms with Crippen molar-refractivity contribution in [2.75, 3.05) is 14.2 Å². The number of nitrogens with one attached hydrogen (secondary N) is 1. The summed E-state index contributed by atoms with van der Waals surface area (Å²) < 4.78 is 15.9. The van der Waals surface area contributed by atoms with Crippen molar-refractivity contribution in [3.05, 3.63) is 59.5 Å². The Kier molecular flexibility index (Phi) is 4.80. The number of amides is 3. The highest BCUT2D eigenvalue weighted by Gasteiger charge is 2.52. The zero-order valence-electron chi connectivity index (χ0n) is 17.8. The fourth-order valence-electron chi connectivity index (χ4n) is 4.39. The third-order valence-electron chi connectivity index (χ3n) is 6.08. The quantitative estimate of drug-likeness (QED) is 0.615. The average molecular weight is 434 g/mol. The zero-order chi connectivity index (χ0) is 22.3. The minimum absolute atomic E-state index is 0.0889. The lowest BCUT2D eigenvalue weighted by Crippen LogP contribution is -2.51. The zero-order valence-corrected chi connectivity index (χ0v) is 17.8. The number of aromatic nitrogens is 2. The van der Waals surface area contributed by atoms with Crippen molar-refractivity contribution < 1.29 is 23.6 Å². The van der Waals surface area contributed by atoms with Crippen molar-refractivity contribution >= 4 is 11.9 Å². The molecule has 9 heteroatoms. The van der Waals surface area contributed by atoms with Crippen LogP contribution in [0.2, 0.25) is 0 Å². The van der Waals surface area contributed by atoms with Gasteiger partial charge in [0.05, 0.1) is 14.2 Å². The Morgan fingerprint density at radius 1 is 1.09 bits per heavy atom. The molecular weight excluding hydrogens is 412 g/mol. The second-order valence-corrected chi connectivity index (χ2v) is 7.93. The Morgan fingerprint density at radius 3 is 2.66 bits per heavy atom. The van der Waals surface area contributed by atoms with Crippen LogP contribution in [0.1, 0.15) is 23.4 Å². The summed E-state index contributed by atoms with van der Waals surface area (Å²) >= 11 is 0. The van der Waals surface area contributed by atoms with Gasteiger partial charge in [-0.3, -0.25) is 9.69 Å². The fourth-order valence-corrected chi connectivity index (χ4v) is 4.39. The molecule has 164 valence electrons. The van der Waals surface area contributed by atoms with Crippen LogP contribution in [-0.2, 0) is 24.2 Å². The molecule has 32 heavy (non-hydrogen) atoms. The number of fused-ring (bicyclic) bond motifs is 1. The van der Waals surface area contributed by atoms with Gasteiger partial charge in [-0.2, -0.15) is 4.98 Å². The molecule has 1 aliphatic carbocycles. The van der Waals surface area contributed by atoms with E-state index in [4.69, 9.17) is 14.0 Å². The third-order valence-corrected chi connectivity index (χ3v) is 6.08. The second kappa shape index (κ2) is 7.67. The Hall–Kier alpha value is -3.88. The number of carbonyl (C=O) groups excluding carboxylic acids is 2. The molecular formula is C23H22N4O5. The highest BCUT2D eigenvalue weighted by Crippen LogP contribution is 2.35. The Balaban J connectivity index is 1.35. The molecule has 0 bridgehead atoms. The number of rotatable bonds is 5. The normalized spacial score (nSPS) is 19.8. The molecule has 1 aliphatic heterocycles. The van der Waals surface area contributed by atoms with Gasteiger partial charge in [0, 0.05) is 12.0 Å². The van der Waals surface area contributed by atoms with Crippen LogP contribution < -0.4 is 14.8 Å². The lowest BCUT2D eigenvalue weighted by atomic mass is 9.78. The van der Waals surface area contributed by atoms with Crippen LogP contribution in [0, 0.1) is 0 Å². The van der Waals surface area contributed by atoms with E-state index in [1.54, 1.807) is 32.4 Å². The van der Waals surface area contributed by atoms with Gasteiger partial charge < -0.3 is 19.3 Å². The predicted octanol–water partition coefficient (Wildman–Crippen LogP) is 2.73. The first kappa shape index (κ1) is 20.0. The van der Waals surface area contributed by atoms with Crippen LogP contribution in [0.4, 0.5) is 4.79 Å². The maximum atomic E-state index is 13.3. The van der Waals surface area contributed by atoms with Crippen LogP contribution in [-0.4, -0.2) is 46.7 Å². The summed E-state index contributed by atoms with van der Waals surface area (Å²) in [6.45, 7) is -0.0889. The van der Waals surface area contributed by atoms with Gasteiger partial charge in [-0.15, -0.1) is 0 Å². The molecule has 2 aromatic carbocycles. The van der Waals surface area contributed by atoms with E-state index < -0.39 is 11.6 Å². The molecule has 0 radical (unpaired) electrons. The smallest absolute Gasteiger partial charge is 0.325 e. The summed E-state index contributed by atoms with van der Waals surface area (Å²) in [6, 6.07) is 12.8. The summed E-state index contributed by atoms with van der Waals surface area (Å²) in [5, 5.41) is 6.90. The predicted molar refractivity (Wildman–Crippen MR) is 113 cm³/mol. The van der Waals surface area contributed by atoms with Gasteiger partial charge >= 0.3 is 6.03 Å². The van der Waals surface area contributed by atoms with Crippen molar-refractivity contribution in [1.29, 1.82) is 0 Å². The monoisotopic (exact) mass is 434 g/mol. The Labute approximate surface area is 184 Å². The molecule has 9 nitrogen and oxygen atoms in total. The molecule has 1 aromatic heterocycles. The Morgan fingerprint density at radius 2 is 1.88 bits per heavy atom. The maximum absolute atomic E-state index is 13.3. The van der Waals surface area contributed by atoms with E-state index in [0.717, 1.165) is 16.9 Å². The standard InChI is InChI=1S/C23H22N4O5/c1-30-17-8-7-15(11-18(17)31-2)20-24-19(32-26-20)13-27-21(28)23(25-22(27)29)10-9-14-5-3-4-6-16(14)12-23/h3-8,11H,9-10,12-13H2,1-2H3,(H,25,29). The molecule has 3 aromatic rings. The van der Waals surface area contributed by atoms with E-state index in [1.807, 2.05) is 18.2 Å². The van der Waals surface area contributed by atoms with E-state index in [9.17, 15) is 9.59 Å². The lowest BCUT2D eigenvalue weighted by molar-refractivity contribution is -0.132. The molecule has 2 heterocycles. The summed E-state index contributed by atoms with van der Waals surface area (Å²) in [5.41, 5.74) is 2.05. The minimum Gasteiger partial charge on any atom is -0.493 e. The first-order valence-corrected chi connectivity index (χ1v) is 10.3. The number of benzene rings is 2. The van der Waals surface area contributed by atoms with E-state index in [0.29, 0.717) is 35.7 Å². The van der Waals surface area contributed by atoms with Gasteiger partial charge in [-0.05, 0) is 42.2 Å². The number of ether oxygens (including phenoxy) is 2. The van der Waals surface area contributed by atoms with Crippen molar-refractivity contribution in [2.24, 2.45) is 0 Å². The molecule has 3 amide bonds. The van der Waals surface area contributed by atoms with Crippen LogP contribution in [0.3, 0.4) is 0 Å². The van der Waals surface area contributed by atoms with Crippen molar-refractivity contribution in [2.45, 2.75) is 31.3 Å². The SMILES string of the molecule is COc1ccc(-c2noc(CN3C(=O)NC4(CCc5ccccc5C4)C3=O)n2)cc1OC. The molecule has 1 atom stereocenters. The molecule has 1 spiro atoms.